The van der Waals surface area contributed by atoms with Crippen LogP contribution in [0.2, 0.25) is 5.02 Å². The number of rotatable bonds is 2. The van der Waals surface area contributed by atoms with E-state index in [9.17, 15) is 9.59 Å². The van der Waals surface area contributed by atoms with Gasteiger partial charge in [0.05, 0.1) is 0 Å². The number of nitrogens with zero attached hydrogens (tertiary/aromatic N) is 1. The van der Waals surface area contributed by atoms with E-state index in [4.69, 9.17) is 11.6 Å². The highest BCUT2D eigenvalue weighted by Gasteiger charge is 2.27. The van der Waals surface area contributed by atoms with Crippen molar-refractivity contribution in [2.75, 3.05) is 13.1 Å². The Kier molecular flexibility index (Phi) is 4.22. The van der Waals surface area contributed by atoms with Gasteiger partial charge in [0.2, 0.25) is 11.8 Å². The monoisotopic (exact) mass is 278 g/mol. The first-order valence-corrected chi connectivity index (χ1v) is 6.48. The molecular weight excluding hydrogens is 264 g/mol. The van der Waals surface area contributed by atoms with Crippen molar-refractivity contribution in [3.8, 4) is 0 Å². The number of hydrogen-bond acceptors (Lipinski definition) is 2. The summed E-state index contributed by atoms with van der Waals surface area (Å²) in [5, 5.41) is 3.32. The molecule has 5 heteroatoms. The van der Waals surface area contributed by atoms with Crippen LogP contribution < -0.4 is 5.32 Å². The topological polar surface area (TPSA) is 49.4 Å². The van der Waals surface area contributed by atoms with Gasteiger partial charge in [0.15, 0.2) is 0 Å². The molecule has 0 spiro atoms. The molecule has 1 heterocycles. The summed E-state index contributed by atoms with van der Waals surface area (Å²) in [7, 11) is 0. The second-order valence-electron chi connectivity index (χ2n) is 4.35. The second kappa shape index (κ2) is 5.89. The van der Waals surface area contributed by atoms with Gasteiger partial charge < -0.3 is 10.2 Å². The van der Waals surface area contributed by atoms with Gasteiger partial charge in [0.25, 0.3) is 0 Å². The molecule has 1 aliphatic rings. The number of piperazine rings is 1. The van der Waals surface area contributed by atoms with Gasteiger partial charge in [-0.05, 0) is 24.6 Å². The summed E-state index contributed by atoms with van der Waals surface area (Å²) in [6, 6.07) is 6.85. The van der Waals surface area contributed by atoms with Crippen molar-refractivity contribution in [2.24, 2.45) is 0 Å². The number of carbonyl (C=O) groups is 2. The zero-order valence-corrected chi connectivity index (χ0v) is 11.4. The molecule has 1 atom stereocenters. The molecule has 2 amide bonds. The van der Waals surface area contributed by atoms with Crippen LogP contribution in [0.1, 0.15) is 12.5 Å². The molecule has 0 bridgehead atoms. The zero-order valence-electron chi connectivity index (χ0n) is 10.6. The van der Waals surface area contributed by atoms with Crippen LogP contribution in [0, 0.1) is 0 Å². The first kappa shape index (κ1) is 13.6. The van der Waals surface area contributed by atoms with Crippen LogP contribution in [0.25, 0.3) is 6.08 Å². The lowest BCUT2D eigenvalue weighted by Crippen LogP contribution is -2.55. The van der Waals surface area contributed by atoms with E-state index in [0.29, 0.717) is 18.1 Å². The third-order valence-corrected chi connectivity index (χ3v) is 3.44. The number of amides is 2. The van der Waals surface area contributed by atoms with E-state index in [1.165, 1.54) is 6.08 Å². The Bertz CT molecular complexity index is 528. The van der Waals surface area contributed by atoms with Gasteiger partial charge in [0.1, 0.15) is 6.04 Å². The van der Waals surface area contributed by atoms with Crippen LogP contribution in [0.5, 0.6) is 0 Å². The van der Waals surface area contributed by atoms with Crippen LogP contribution in [-0.2, 0) is 9.59 Å². The molecule has 100 valence electrons. The van der Waals surface area contributed by atoms with E-state index in [2.05, 4.69) is 5.32 Å². The minimum atomic E-state index is -0.433. The van der Waals surface area contributed by atoms with E-state index in [0.717, 1.165) is 5.56 Å². The van der Waals surface area contributed by atoms with Gasteiger partial charge in [-0.1, -0.05) is 29.8 Å². The van der Waals surface area contributed by atoms with Gasteiger partial charge in [-0.25, -0.2) is 0 Å². The fourth-order valence-corrected chi connectivity index (χ4v) is 2.15. The van der Waals surface area contributed by atoms with Gasteiger partial charge >= 0.3 is 0 Å². The third-order valence-electron chi connectivity index (χ3n) is 3.09. The van der Waals surface area contributed by atoms with E-state index in [-0.39, 0.29) is 11.8 Å². The summed E-state index contributed by atoms with van der Waals surface area (Å²) < 4.78 is 0. The van der Waals surface area contributed by atoms with Gasteiger partial charge in [-0.3, -0.25) is 9.59 Å². The highest BCUT2D eigenvalue weighted by Crippen LogP contribution is 2.16. The number of halogens is 1. The minimum absolute atomic E-state index is 0.120. The van der Waals surface area contributed by atoms with Crippen molar-refractivity contribution in [2.45, 2.75) is 13.0 Å². The molecule has 19 heavy (non-hydrogen) atoms. The fraction of sp³-hybridized carbons (Fsp3) is 0.286. The predicted octanol–water partition coefficient (Wildman–Crippen LogP) is 1.70. The maximum atomic E-state index is 12.1. The van der Waals surface area contributed by atoms with E-state index in [1.54, 1.807) is 24.0 Å². The molecule has 1 aromatic rings. The molecule has 0 aliphatic carbocycles. The number of hydrogen-bond donors (Lipinski definition) is 1. The molecular formula is C14H15ClN2O2. The normalized spacial score (nSPS) is 19.6. The van der Waals surface area contributed by atoms with Crippen molar-refractivity contribution in [1.29, 1.82) is 0 Å². The third kappa shape index (κ3) is 3.15. The number of carbonyl (C=O) groups excluding carboxylic acids is 2. The van der Waals surface area contributed by atoms with Crippen LogP contribution >= 0.6 is 11.6 Å². The molecule has 1 N–H and O–H groups in total. The maximum Gasteiger partial charge on any atom is 0.247 e. The summed E-state index contributed by atoms with van der Waals surface area (Å²) in [6.45, 7) is 2.74. The van der Waals surface area contributed by atoms with E-state index >= 15 is 0 Å². The molecule has 1 fully saturated rings. The zero-order chi connectivity index (χ0) is 13.8. The Morgan fingerprint density at radius 2 is 2.21 bits per heavy atom. The van der Waals surface area contributed by atoms with Crippen molar-refractivity contribution >= 4 is 29.5 Å². The molecule has 2 rings (SSSR count). The quantitative estimate of drug-likeness (QED) is 0.837. The number of nitrogens with one attached hydrogen (secondary N) is 1. The van der Waals surface area contributed by atoms with Gasteiger partial charge in [-0.2, -0.15) is 0 Å². The largest absolute Gasteiger partial charge is 0.353 e. The molecule has 0 saturated carbocycles. The van der Waals surface area contributed by atoms with Crippen LogP contribution in [0.3, 0.4) is 0 Å². The minimum Gasteiger partial charge on any atom is -0.353 e. The SMILES string of the molecule is CC1C(=O)NCCN1C(=O)C=Cc1ccccc1Cl. The van der Waals surface area contributed by atoms with Crippen LogP contribution in [0.4, 0.5) is 0 Å². The van der Waals surface area contributed by atoms with Crippen molar-refractivity contribution in [3.05, 3.63) is 40.9 Å². The molecule has 1 unspecified atom stereocenters. The summed E-state index contributed by atoms with van der Waals surface area (Å²) in [5.74, 6) is -0.298. The van der Waals surface area contributed by atoms with Gasteiger partial charge in [0, 0.05) is 24.2 Å². The molecule has 1 aromatic carbocycles. The highest BCUT2D eigenvalue weighted by atomic mass is 35.5. The van der Waals surface area contributed by atoms with Crippen LogP contribution in [0.15, 0.2) is 30.3 Å². The van der Waals surface area contributed by atoms with Crippen LogP contribution in [-0.4, -0.2) is 35.8 Å². The number of benzene rings is 1. The summed E-state index contributed by atoms with van der Waals surface area (Å²) in [4.78, 5) is 25.1. The first-order chi connectivity index (χ1) is 9.09. The lowest BCUT2D eigenvalue weighted by atomic mass is 10.1. The van der Waals surface area contributed by atoms with Crippen molar-refractivity contribution in [1.82, 2.24) is 10.2 Å². The summed E-state index contributed by atoms with van der Waals surface area (Å²) in [6.07, 6.45) is 3.13. The Labute approximate surface area is 117 Å². The second-order valence-corrected chi connectivity index (χ2v) is 4.76. The Morgan fingerprint density at radius 1 is 1.47 bits per heavy atom. The maximum absolute atomic E-state index is 12.1. The summed E-state index contributed by atoms with van der Waals surface area (Å²) >= 11 is 6.01. The Balaban J connectivity index is 2.09. The summed E-state index contributed by atoms with van der Waals surface area (Å²) in [5.41, 5.74) is 0.784. The first-order valence-electron chi connectivity index (χ1n) is 6.10. The van der Waals surface area contributed by atoms with Gasteiger partial charge in [-0.15, -0.1) is 0 Å². The van der Waals surface area contributed by atoms with Crippen molar-refractivity contribution < 1.29 is 9.59 Å². The Morgan fingerprint density at radius 3 is 2.95 bits per heavy atom. The molecule has 1 saturated heterocycles. The highest BCUT2D eigenvalue weighted by molar-refractivity contribution is 6.32. The van der Waals surface area contributed by atoms with E-state index in [1.807, 2.05) is 18.2 Å². The molecule has 4 nitrogen and oxygen atoms in total. The average molecular weight is 279 g/mol. The predicted molar refractivity (Wildman–Crippen MR) is 74.7 cm³/mol. The fourth-order valence-electron chi connectivity index (χ4n) is 1.95. The van der Waals surface area contributed by atoms with Crippen molar-refractivity contribution in [3.63, 3.8) is 0 Å². The lowest BCUT2D eigenvalue weighted by molar-refractivity contribution is -0.139. The molecule has 0 aromatic heterocycles. The average Bonchev–Trinajstić information content (AvgIpc) is 2.40. The molecule has 1 aliphatic heterocycles. The van der Waals surface area contributed by atoms with E-state index < -0.39 is 6.04 Å². The standard InChI is InChI=1S/C14H15ClN2O2/c1-10-14(19)16-8-9-17(10)13(18)7-6-11-4-2-3-5-12(11)15/h2-7,10H,8-9H2,1H3,(H,16,19). The molecule has 0 radical (unpaired) electrons. The smallest absolute Gasteiger partial charge is 0.247 e. The Hall–Kier alpha value is -1.81. The lowest BCUT2D eigenvalue weighted by Gasteiger charge is -2.31.